The van der Waals surface area contributed by atoms with Gasteiger partial charge in [-0.2, -0.15) is 13.2 Å². The van der Waals surface area contributed by atoms with E-state index in [4.69, 9.17) is 9.47 Å². The molecule has 0 bridgehead atoms. The van der Waals surface area contributed by atoms with Gasteiger partial charge in [-0.15, -0.1) is 0 Å². The Labute approximate surface area is 119 Å². The number of fused-ring (bicyclic) bond motifs is 1. The maximum Gasteiger partial charge on any atom is 0.433 e. The molecule has 0 radical (unpaired) electrons. The summed E-state index contributed by atoms with van der Waals surface area (Å²) in [5.41, 5.74) is 0.117. The highest BCUT2D eigenvalue weighted by Crippen LogP contribution is 2.32. The van der Waals surface area contributed by atoms with Crippen molar-refractivity contribution in [3.63, 3.8) is 0 Å². The van der Waals surface area contributed by atoms with Crippen molar-refractivity contribution in [2.24, 2.45) is 0 Å². The largest absolute Gasteiger partial charge is 0.454 e. The number of hydrogen-bond donors (Lipinski definition) is 1. The Morgan fingerprint density at radius 1 is 1.29 bits per heavy atom. The second-order valence-electron chi connectivity index (χ2n) is 3.78. The molecule has 0 aromatic heterocycles. The number of carbonyl (C=O) groups is 1. The summed E-state index contributed by atoms with van der Waals surface area (Å²) in [6, 6.07) is 4.18. The van der Waals surface area contributed by atoms with Gasteiger partial charge >= 0.3 is 6.18 Å². The van der Waals surface area contributed by atoms with E-state index in [1.807, 2.05) is 13.8 Å². The Bertz CT molecular complexity index is 491. The maximum atomic E-state index is 12.6. The molecule has 0 saturated carbocycles. The van der Waals surface area contributed by atoms with E-state index in [1.54, 1.807) is 0 Å². The van der Waals surface area contributed by atoms with Crippen LogP contribution in [0.15, 0.2) is 18.2 Å². The predicted molar refractivity (Wildman–Crippen MR) is 67.2 cm³/mol. The van der Waals surface area contributed by atoms with Gasteiger partial charge in [0.1, 0.15) is 0 Å². The number of nitrogens with one attached hydrogen (secondary N) is 1. The van der Waals surface area contributed by atoms with Gasteiger partial charge in [0, 0.05) is 5.56 Å². The van der Waals surface area contributed by atoms with Gasteiger partial charge in [0.25, 0.3) is 0 Å². The molecular weight excluding hydrogens is 294 g/mol. The van der Waals surface area contributed by atoms with Gasteiger partial charge in [-0.3, -0.25) is 10.1 Å². The lowest BCUT2D eigenvalue weighted by atomic mass is 10.1. The summed E-state index contributed by atoms with van der Waals surface area (Å²) < 4.78 is 58.3. The first-order chi connectivity index (χ1) is 9.88. The van der Waals surface area contributed by atoms with E-state index in [1.165, 1.54) is 23.5 Å². The van der Waals surface area contributed by atoms with Gasteiger partial charge in [-0.1, -0.05) is 13.8 Å². The first-order valence-electron chi connectivity index (χ1n) is 6.25. The molecule has 1 atom stereocenters. The van der Waals surface area contributed by atoms with Crippen LogP contribution in [0.25, 0.3) is 0 Å². The van der Waals surface area contributed by atoms with E-state index in [9.17, 15) is 22.4 Å². The first kappa shape index (κ1) is 17.2. The third-order valence-corrected chi connectivity index (χ3v) is 2.42. The van der Waals surface area contributed by atoms with Gasteiger partial charge in [-0.05, 0) is 18.2 Å². The molecule has 0 spiro atoms. The number of hydrogen-bond acceptors (Lipinski definition) is 4. The van der Waals surface area contributed by atoms with Crippen LogP contribution in [0.4, 0.5) is 17.6 Å². The van der Waals surface area contributed by atoms with Crippen molar-refractivity contribution in [1.29, 1.82) is 0 Å². The normalized spacial score (nSPS) is 14.2. The van der Waals surface area contributed by atoms with E-state index >= 15 is 0 Å². The molecule has 1 aromatic rings. The third-order valence-electron chi connectivity index (χ3n) is 2.42. The van der Waals surface area contributed by atoms with E-state index < -0.39 is 24.8 Å². The molecule has 21 heavy (non-hydrogen) atoms. The molecular formula is C13H15F4NO3. The summed E-state index contributed by atoms with van der Waals surface area (Å²) in [7, 11) is 0. The Balaban J connectivity index is 0.00000106. The Morgan fingerprint density at radius 3 is 2.52 bits per heavy atom. The molecule has 1 aliphatic rings. The second-order valence-corrected chi connectivity index (χ2v) is 3.78. The van der Waals surface area contributed by atoms with Gasteiger partial charge in [0.15, 0.2) is 17.3 Å². The van der Waals surface area contributed by atoms with E-state index in [0.717, 1.165) is 0 Å². The number of halogens is 4. The van der Waals surface area contributed by atoms with Crippen LogP contribution in [0.1, 0.15) is 24.2 Å². The molecule has 0 fully saturated rings. The average Bonchev–Trinajstić information content (AvgIpc) is 2.92. The summed E-state index contributed by atoms with van der Waals surface area (Å²) >= 11 is 0. The van der Waals surface area contributed by atoms with Crippen molar-refractivity contribution < 1.29 is 31.8 Å². The van der Waals surface area contributed by atoms with Crippen LogP contribution in [0.2, 0.25) is 0 Å². The first-order valence-corrected chi connectivity index (χ1v) is 6.25. The molecule has 1 heterocycles. The molecule has 4 nitrogen and oxygen atoms in total. The zero-order valence-electron chi connectivity index (χ0n) is 11.5. The molecule has 0 amide bonds. The van der Waals surface area contributed by atoms with Crippen molar-refractivity contribution in [3.8, 4) is 11.5 Å². The topological polar surface area (TPSA) is 47.6 Å². The predicted octanol–water partition coefficient (Wildman–Crippen LogP) is 3.07. The van der Waals surface area contributed by atoms with Crippen LogP contribution in [-0.2, 0) is 0 Å². The summed E-state index contributed by atoms with van der Waals surface area (Å²) in [5, 5.41) is 1.48. The van der Waals surface area contributed by atoms with Crippen LogP contribution in [0.5, 0.6) is 11.5 Å². The van der Waals surface area contributed by atoms with Crippen LogP contribution < -0.4 is 14.8 Å². The Kier molecular flexibility index (Phi) is 5.95. The van der Waals surface area contributed by atoms with Crippen molar-refractivity contribution in [1.82, 2.24) is 5.32 Å². The number of alkyl halides is 4. The minimum atomic E-state index is -5.03. The van der Waals surface area contributed by atoms with Crippen molar-refractivity contribution in [2.75, 3.05) is 13.3 Å². The standard InChI is InChI=1S/C11H9F4NO3.C2H6/c12-10(11(13,14)15)16-4-7(17)6-1-2-8-9(3-6)19-5-18-8;1-2/h1-3,10,16H,4-5H2;1-2H3. The summed E-state index contributed by atoms with van der Waals surface area (Å²) in [6.07, 6.45) is -8.26. The lowest BCUT2D eigenvalue weighted by Gasteiger charge is -2.13. The summed E-state index contributed by atoms with van der Waals surface area (Å²) in [6.45, 7) is 3.26. The van der Waals surface area contributed by atoms with Crippen LogP contribution >= 0.6 is 0 Å². The minimum Gasteiger partial charge on any atom is -0.454 e. The molecule has 1 aliphatic heterocycles. The molecule has 1 N–H and O–H groups in total. The molecule has 1 aromatic carbocycles. The highest BCUT2D eigenvalue weighted by molar-refractivity contribution is 5.98. The molecule has 118 valence electrons. The van der Waals surface area contributed by atoms with Crippen molar-refractivity contribution in [2.45, 2.75) is 26.3 Å². The fraction of sp³-hybridized carbons (Fsp3) is 0.462. The zero-order chi connectivity index (χ0) is 16.0. The van der Waals surface area contributed by atoms with Gasteiger partial charge in [-0.25, -0.2) is 4.39 Å². The van der Waals surface area contributed by atoms with Crippen LogP contribution in [-0.4, -0.2) is 31.6 Å². The maximum absolute atomic E-state index is 12.6. The van der Waals surface area contributed by atoms with Crippen molar-refractivity contribution in [3.05, 3.63) is 23.8 Å². The Hall–Kier alpha value is -1.83. The minimum absolute atomic E-state index is 0.0197. The molecule has 0 aliphatic carbocycles. The molecule has 0 saturated heterocycles. The highest BCUT2D eigenvalue weighted by atomic mass is 19.4. The molecule has 2 rings (SSSR count). The van der Waals surface area contributed by atoms with E-state index in [2.05, 4.69) is 0 Å². The average molecular weight is 309 g/mol. The van der Waals surface area contributed by atoms with Gasteiger partial charge in [0.05, 0.1) is 6.54 Å². The fourth-order valence-corrected chi connectivity index (χ4v) is 1.47. The van der Waals surface area contributed by atoms with Crippen LogP contribution in [0.3, 0.4) is 0 Å². The lowest BCUT2D eigenvalue weighted by Crippen LogP contribution is -2.41. The molecule has 8 heteroatoms. The number of ketones is 1. The van der Waals surface area contributed by atoms with E-state index in [0.29, 0.717) is 11.5 Å². The number of ether oxygens (including phenoxy) is 2. The molecule has 1 unspecified atom stereocenters. The van der Waals surface area contributed by atoms with Crippen LogP contribution in [0, 0.1) is 0 Å². The lowest BCUT2D eigenvalue weighted by molar-refractivity contribution is -0.188. The fourth-order valence-electron chi connectivity index (χ4n) is 1.47. The number of benzene rings is 1. The SMILES string of the molecule is CC.O=C(CNC(F)C(F)(F)F)c1ccc2c(c1)OCO2. The Morgan fingerprint density at radius 2 is 1.90 bits per heavy atom. The van der Waals surface area contributed by atoms with E-state index in [-0.39, 0.29) is 12.4 Å². The summed E-state index contributed by atoms with van der Waals surface area (Å²) in [4.78, 5) is 11.6. The van der Waals surface area contributed by atoms with Crippen molar-refractivity contribution >= 4 is 5.78 Å². The number of Topliss-reactive ketones (excluding diaryl/α,β-unsaturated/α-hetero) is 1. The second kappa shape index (κ2) is 7.26. The number of carbonyl (C=O) groups excluding carboxylic acids is 1. The zero-order valence-corrected chi connectivity index (χ0v) is 11.5. The monoisotopic (exact) mass is 309 g/mol. The highest BCUT2D eigenvalue weighted by Gasteiger charge is 2.40. The van der Waals surface area contributed by atoms with Gasteiger partial charge in [0.2, 0.25) is 13.1 Å². The quantitative estimate of drug-likeness (QED) is 0.527. The summed E-state index contributed by atoms with van der Waals surface area (Å²) in [5.74, 6) is 0.104. The number of rotatable bonds is 4. The third kappa shape index (κ3) is 4.59. The van der Waals surface area contributed by atoms with Gasteiger partial charge < -0.3 is 9.47 Å². The smallest absolute Gasteiger partial charge is 0.433 e.